The second kappa shape index (κ2) is 6.31. The Balaban J connectivity index is 1.38. The van der Waals surface area contributed by atoms with Gasteiger partial charge >= 0.3 is 5.97 Å². The van der Waals surface area contributed by atoms with Crippen molar-refractivity contribution in [3.63, 3.8) is 0 Å². The van der Waals surface area contributed by atoms with E-state index in [4.69, 9.17) is 5.11 Å². The molecule has 1 aliphatic heterocycles. The molecule has 1 saturated heterocycles. The maximum atomic E-state index is 12.7. The molecular formula is C17H22N2O5S2. The van der Waals surface area contributed by atoms with Crippen LogP contribution in [0.5, 0.6) is 0 Å². The summed E-state index contributed by atoms with van der Waals surface area (Å²) in [5.41, 5.74) is 0.239. The predicted molar refractivity (Wildman–Crippen MR) is 95.6 cm³/mol. The Kier molecular flexibility index (Phi) is 4.36. The highest BCUT2D eigenvalue weighted by molar-refractivity contribution is 7.91. The molecule has 26 heavy (non-hydrogen) atoms. The molecule has 1 amide bonds. The van der Waals surface area contributed by atoms with Crippen molar-refractivity contribution in [1.82, 2.24) is 9.21 Å². The van der Waals surface area contributed by atoms with Gasteiger partial charge in [-0.25, -0.2) is 13.2 Å². The van der Waals surface area contributed by atoms with Gasteiger partial charge in [0.2, 0.25) is 5.91 Å². The molecule has 7 nitrogen and oxygen atoms in total. The lowest BCUT2D eigenvalue weighted by Gasteiger charge is -2.34. The third-order valence-corrected chi connectivity index (χ3v) is 9.37. The van der Waals surface area contributed by atoms with Gasteiger partial charge in [-0.05, 0) is 30.7 Å². The zero-order chi connectivity index (χ0) is 18.5. The Labute approximate surface area is 156 Å². The first-order valence-corrected chi connectivity index (χ1v) is 11.3. The number of rotatable bonds is 4. The van der Waals surface area contributed by atoms with Gasteiger partial charge in [0.05, 0.1) is 5.56 Å². The first kappa shape index (κ1) is 17.9. The van der Waals surface area contributed by atoms with E-state index in [0.29, 0.717) is 13.1 Å². The molecule has 0 radical (unpaired) electrons. The molecule has 4 rings (SSSR count). The molecule has 1 unspecified atom stereocenters. The van der Waals surface area contributed by atoms with Gasteiger partial charge in [0, 0.05) is 37.5 Å². The average Bonchev–Trinajstić information content (AvgIpc) is 2.98. The molecule has 3 fully saturated rings. The zero-order valence-electron chi connectivity index (χ0n) is 14.4. The largest absolute Gasteiger partial charge is 0.478 e. The van der Waals surface area contributed by atoms with Crippen molar-refractivity contribution in [1.29, 1.82) is 0 Å². The number of nitrogens with zero attached hydrogens (tertiary/aromatic N) is 2. The van der Waals surface area contributed by atoms with Crippen LogP contribution in [0.2, 0.25) is 0 Å². The fourth-order valence-corrected chi connectivity index (χ4v) is 7.12. The molecule has 9 heteroatoms. The number of carboxylic acids is 1. The molecule has 1 spiro atoms. The first-order chi connectivity index (χ1) is 12.3. The van der Waals surface area contributed by atoms with Gasteiger partial charge in [-0.1, -0.05) is 12.8 Å². The minimum absolute atomic E-state index is 0.0158. The number of carbonyl (C=O) groups excluding carboxylic acids is 1. The van der Waals surface area contributed by atoms with Crippen molar-refractivity contribution in [3.05, 3.63) is 17.0 Å². The van der Waals surface area contributed by atoms with Crippen LogP contribution in [-0.4, -0.2) is 60.8 Å². The highest BCUT2D eigenvalue weighted by atomic mass is 32.2. The van der Waals surface area contributed by atoms with Crippen molar-refractivity contribution in [2.45, 2.75) is 36.3 Å². The third-order valence-electron chi connectivity index (χ3n) is 6.05. The predicted octanol–water partition coefficient (Wildman–Crippen LogP) is 1.86. The fraction of sp³-hybridized carbons (Fsp3) is 0.647. The van der Waals surface area contributed by atoms with E-state index in [1.807, 2.05) is 0 Å². The molecule has 2 saturated carbocycles. The van der Waals surface area contributed by atoms with Gasteiger partial charge in [0.15, 0.2) is 0 Å². The van der Waals surface area contributed by atoms with E-state index in [-0.39, 0.29) is 40.1 Å². The van der Waals surface area contributed by atoms with Crippen molar-refractivity contribution < 1.29 is 23.1 Å². The van der Waals surface area contributed by atoms with E-state index in [0.717, 1.165) is 30.6 Å². The Morgan fingerprint density at radius 1 is 1.15 bits per heavy atom. The highest BCUT2D eigenvalue weighted by Crippen LogP contribution is 2.63. The molecule has 2 aliphatic carbocycles. The van der Waals surface area contributed by atoms with Crippen molar-refractivity contribution in [2.75, 3.05) is 26.2 Å². The maximum Gasteiger partial charge on any atom is 0.336 e. The van der Waals surface area contributed by atoms with Gasteiger partial charge in [0.1, 0.15) is 4.21 Å². The number of hydrogen-bond acceptors (Lipinski definition) is 5. The van der Waals surface area contributed by atoms with E-state index in [1.165, 1.54) is 28.6 Å². The van der Waals surface area contributed by atoms with E-state index < -0.39 is 16.0 Å². The molecule has 2 heterocycles. The Hall–Kier alpha value is -1.45. The highest BCUT2D eigenvalue weighted by Gasteiger charge is 2.59. The van der Waals surface area contributed by atoms with Gasteiger partial charge in [-0.3, -0.25) is 4.79 Å². The SMILES string of the molecule is O=C(O)c1csc(S(=O)(=O)N2CCN(C(=O)C3CC34CCCC4)CC2)c1. The summed E-state index contributed by atoms with van der Waals surface area (Å²) in [5, 5.41) is 10.3. The summed E-state index contributed by atoms with van der Waals surface area (Å²) in [5.74, 6) is -0.805. The second-order valence-corrected chi connectivity index (χ2v) is 10.6. The van der Waals surface area contributed by atoms with Crippen LogP contribution in [0.1, 0.15) is 42.5 Å². The molecule has 1 atom stereocenters. The number of thiophene rings is 1. The Morgan fingerprint density at radius 2 is 1.81 bits per heavy atom. The maximum absolute atomic E-state index is 12.7. The van der Waals surface area contributed by atoms with E-state index in [9.17, 15) is 18.0 Å². The minimum atomic E-state index is -3.70. The fourth-order valence-electron chi connectivity index (χ4n) is 4.39. The smallest absolute Gasteiger partial charge is 0.336 e. The monoisotopic (exact) mass is 398 g/mol. The third kappa shape index (κ3) is 2.95. The van der Waals surface area contributed by atoms with E-state index in [2.05, 4.69) is 0 Å². The number of hydrogen-bond donors (Lipinski definition) is 1. The summed E-state index contributed by atoms with van der Waals surface area (Å²) in [6, 6.07) is 1.20. The van der Waals surface area contributed by atoms with Crippen LogP contribution < -0.4 is 0 Å². The lowest BCUT2D eigenvalue weighted by atomic mass is 10.0. The zero-order valence-corrected chi connectivity index (χ0v) is 16.0. The number of carboxylic acid groups (broad SMARTS) is 1. The van der Waals surface area contributed by atoms with E-state index >= 15 is 0 Å². The van der Waals surface area contributed by atoms with Crippen LogP contribution >= 0.6 is 11.3 Å². The molecule has 3 aliphatic rings. The van der Waals surface area contributed by atoms with Crippen LogP contribution in [0.15, 0.2) is 15.7 Å². The van der Waals surface area contributed by atoms with Crippen LogP contribution in [0.4, 0.5) is 0 Å². The van der Waals surface area contributed by atoms with Crippen molar-refractivity contribution in [2.24, 2.45) is 11.3 Å². The molecule has 0 aromatic carbocycles. The van der Waals surface area contributed by atoms with Crippen molar-refractivity contribution in [3.8, 4) is 0 Å². The van der Waals surface area contributed by atoms with Gasteiger partial charge in [-0.15, -0.1) is 11.3 Å². The molecule has 0 bridgehead atoms. The minimum Gasteiger partial charge on any atom is -0.478 e. The van der Waals surface area contributed by atoms with Crippen LogP contribution in [0, 0.1) is 11.3 Å². The topological polar surface area (TPSA) is 95.0 Å². The van der Waals surface area contributed by atoms with Crippen LogP contribution in [-0.2, 0) is 14.8 Å². The van der Waals surface area contributed by atoms with Crippen LogP contribution in [0.25, 0.3) is 0 Å². The number of piperazine rings is 1. The summed E-state index contributed by atoms with van der Waals surface area (Å²) in [6.07, 6.45) is 5.74. The first-order valence-electron chi connectivity index (χ1n) is 8.94. The summed E-state index contributed by atoms with van der Waals surface area (Å²) in [7, 11) is -3.70. The molecule has 142 valence electrons. The van der Waals surface area contributed by atoms with Crippen molar-refractivity contribution >= 4 is 33.2 Å². The van der Waals surface area contributed by atoms with Gasteiger partial charge in [0.25, 0.3) is 10.0 Å². The number of amides is 1. The molecule has 1 aromatic rings. The standard InChI is InChI=1S/C17H22N2O5S2/c20-15(13-10-17(13)3-1-2-4-17)18-5-7-19(8-6-18)26(23,24)14-9-12(11-25-14)16(21)22/h9,11,13H,1-8,10H2,(H,21,22). The molecular weight excluding hydrogens is 376 g/mol. The Morgan fingerprint density at radius 3 is 2.38 bits per heavy atom. The second-order valence-electron chi connectivity index (χ2n) is 7.52. The summed E-state index contributed by atoms with van der Waals surface area (Å²) in [6.45, 7) is 1.33. The number of sulfonamides is 1. The molecule has 1 N–H and O–H groups in total. The van der Waals surface area contributed by atoms with Gasteiger partial charge < -0.3 is 10.0 Å². The summed E-state index contributed by atoms with van der Waals surface area (Å²) in [4.78, 5) is 25.5. The number of aromatic carboxylic acids is 1. The summed E-state index contributed by atoms with van der Waals surface area (Å²) < 4.78 is 26.8. The van der Waals surface area contributed by atoms with E-state index in [1.54, 1.807) is 4.90 Å². The van der Waals surface area contributed by atoms with Crippen LogP contribution in [0.3, 0.4) is 0 Å². The quantitative estimate of drug-likeness (QED) is 0.835. The lowest BCUT2D eigenvalue weighted by Crippen LogP contribution is -2.51. The molecule has 1 aromatic heterocycles. The Bertz CT molecular complexity index is 833. The number of carbonyl (C=O) groups is 2. The summed E-state index contributed by atoms with van der Waals surface area (Å²) >= 11 is 0.922. The lowest BCUT2D eigenvalue weighted by molar-refractivity contribution is -0.134. The van der Waals surface area contributed by atoms with Gasteiger partial charge in [-0.2, -0.15) is 4.31 Å². The average molecular weight is 399 g/mol. The normalized spacial score (nSPS) is 25.5.